The summed E-state index contributed by atoms with van der Waals surface area (Å²) in [6.45, 7) is 5.82. The molecule has 2 fully saturated rings. The number of rotatable bonds is 7. The van der Waals surface area contributed by atoms with Crippen LogP contribution in [-0.4, -0.2) is 55.9 Å². The zero-order chi connectivity index (χ0) is 22.0. The largest absolute Gasteiger partial charge is 0.379 e. The Balaban J connectivity index is 1.65. The lowest BCUT2D eigenvalue weighted by atomic mass is 10.1. The fraction of sp³-hybridized carbons (Fsp3) is 0.458. The maximum atomic E-state index is 13.6. The van der Waals surface area contributed by atoms with Crippen LogP contribution in [0.5, 0.6) is 0 Å². The SMILES string of the molecule is Cc1ccc(C(=O)N(Cc2ccccc2)C(C)C2CC2)cc1S(=O)(=O)N1CCOCC1. The molecule has 1 aliphatic carbocycles. The van der Waals surface area contributed by atoms with Crippen molar-refractivity contribution < 1.29 is 17.9 Å². The van der Waals surface area contributed by atoms with Gasteiger partial charge in [-0.25, -0.2) is 8.42 Å². The predicted octanol–water partition coefficient (Wildman–Crippen LogP) is 3.46. The number of amides is 1. The van der Waals surface area contributed by atoms with Crippen LogP contribution in [0, 0.1) is 12.8 Å². The molecule has 166 valence electrons. The minimum Gasteiger partial charge on any atom is -0.379 e. The number of nitrogens with zero attached hydrogens (tertiary/aromatic N) is 2. The summed E-state index contributed by atoms with van der Waals surface area (Å²) in [5, 5.41) is 0. The summed E-state index contributed by atoms with van der Waals surface area (Å²) >= 11 is 0. The van der Waals surface area contributed by atoms with Crippen molar-refractivity contribution in [2.75, 3.05) is 26.3 Å². The average molecular weight is 443 g/mol. The van der Waals surface area contributed by atoms with Crippen molar-refractivity contribution in [2.24, 2.45) is 5.92 Å². The number of benzene rings is 2. The van der Waals surface area contributed by atoms with E-state index in [1.165, 1.54) is 4.31 Å². The molecule has 7 heteroatoms. The van der Waals surface area contributed by atoms with Gasteiger partial charge >= 0.3 is 0 Å². The molecule has 1 saturated heterocycles. The topological polar surface area (TPSA) is 66.9 Å². The van der Waals surface area contributed by atoms with Gasteiger partial charge in [-0.05, 0) is 55.9 Å². The van der Waals surface area contributed by atoms with E-state index in [1.54, 1.807) is 25.1 Å². The van der Waals surface area contributed by atoms with E-state index >= 15 is 0 Å². The molecule has 1 atom stereocenters. The van der Waals surface area contributed by atoms with E-state index in [4.69, 9.17) is 4.74 Å². The first-order valence-electron chi connectivity index (χ1n) is 10.9. The highest BCUT2D eigenvalue weighted by atomic mass is 32.2. The Kier molecular flexibility index (Phi) is 6.46. The van der Waals surface area contributed by atoms with Crippen molar-refractivity contribution in [3.8, 4) is 0 Å². The molecular formula is C24H30N2O4S. The zero-order valence-corrected chi connectivity index (χ0v) is 19.0. The molecule has 6 nitrogen and oxygen atoms in total. The minimum atomic E-state index is -3.67. The fourth-order valence-electron chi connectivity index (χ4n) is 4.12. The second kappa shape index (κ2) is 9.10. The number of aryl methyl sites for hydroxylation is 1. The molecular weight excluding hydrogens is 412 g/mol. The second-order valence-corrected chi connectivity index (χ2v) is 10.4. The molecule has 1 heterocycles. The summed E-state index contributed by atoms with van der Waals surface area (Å²) in [4.78, 5) is 15.7. The molecule has 1 saturated carbocycles. The maximum absolute atomic E-state index is 13.6. The Morgan fingerprint density at radius 3 is 2.45 bits per heavy atom. The number of carbonyl (C=O) groups excluding carboxylic acids is 1. The summed E-state index contributed by atoms with van der Waals surface area (Å²) in [5.74, 6) is 0.386. The van der Waals surface area contributed by atoms with Crippen LogP contribution in [0.25, 0.3) is 0 Å². The smallest absolute Gasteiger partial charge is 0.254 e. The Morgan fingerprint density at radius 2 is 1.81 bits per heavy atom. The number of sulfonamides is 1. The highest BCUT2D eigenvalue weighted by Crippen LogP contribution is 2.36. The Hall–Kier alpha value is -2.22. The highest BCUT2D eigenvalue weighted by Gasteiger charge is 2.35. The Morgan fingerprint density at radius 1 is 1.13 bits per heavy atom. The van der Waals surface area contributed by atoms with Crippen LogP contribution in [-0.2, 0) is 21.3 Å². The second-order valence-electron chi connectivity index (χ2n) is 8.49. The third-order valence-corrected chi connectivity index (χ3v) is 8.32. The molecule has 1 aliphatic heterocycles. The van der Waals surface area contributed by atoms with Gasteiger partial charge in [0.05, 0.1) is 18.1 Å². The number of hydrogen-bond donors (Lipinski definition) is 0. The van der Waals surface area contributed by atoms with Gasteiger partial charge in [0.1, 0.15) is 0 Å². The van der Waals surface area contributed by atoms with Crippen molar-refractivity contribution in [1.29, 1.82) is 0 Å². The molecule has 0 bridgehead atoms. The molecule has 4 rings (SSSR count). The molecule has 2 aromatic carbocycles. The molecule has 0 spiro atoms. The van der Waals surface area contributed by atoms with Crippen molar-refractivity contribution >= 4 is 15.9 Å². The van der Waals surface area contributed by atoms with E-state index in [0.29, 0.717) is 49.9 Å². The van der Waals surface area contributed by atoms with E-state index in [2.05, 4.69) is 6.92 Å². The van der Waals surface area contributed by atoms with Crippen LogP contribution in [0.2, 0.25) is 0 Å². The van der Waals surface area contributed by atoms with Gasteiger partial charge in [0.15, 0.2) is 0 Å². The predicted molar refractivity (Wildman–Crippen MR) is 119 cm³/mol. The molecule has 1 amide bonds. The van der Waals surface area contributed by atoms with Crippen LogP contribution < -0.4 is 0 Å². The van der Waals surface area contributed by atoms with Gasteiger partial charge in [-0.3, -0.25) is 4.79 Å². The van der Waals surface area contributed by atoms with Gasteiger partial charge < -0.3 is 9.64 Å². The first-order chi connectivity index (χ1) is 14.9. The molecule has 0 N–H and O–H groups in total. The molecule has 2 aromatic rings. The maximum Gasteiger partial charge on any atom is 0.254 e. The first-order valence-corrected chi connectivity index (χ1v) is 12.4. The van der Waals surface area contributed by atoms with Gasteiger partial charge in [0.25, 0.3) is 5.91 Å². The van der Waals surface area contributed by atoms with Crippen LogP contribution in [0.3, 0.4) is 0 Å². The van der Waals surface area contributed by atoms with E-state index in [0.717, 1.165) is 18.4 Å². The lowest BCUT2D eigenvalue weighted by Crippen LogP contribution is -2.41. The number of ether oxygens (including phenoxy) is 1. The lowest BCUT2D eigenvalue weighted by molar-refractivity contribution is 0.0653. The van der Waals surface area contributed by atoms with E-state index in [-0.39, 0.29) is 16.8 Å². The Bertz CT molecular complexity index is 1030. The third kappa shape index (κ3) is 4.84. The van der Waals surface area contributed by atoms with Crippen LogP contribution in [0.4, 0.5) is 0 Å². The number of carbonyl (C=O) groups is 1. The van der Waals surface area contributed by atoms with E-state index in [1.807, 2.05) is 35.2 Å². The van der Waals surface area contributed by atoms with E-state index < -0.39 is 10.0 Å². The quantitative estimate of drug-likeness (QED) is 0.659. The van der Waals surface area contributed by atoms with Crippen molar-refractivity contribution in [1.82, 2.24) is 9.21 Å². The van der Waals surface area contributed by atoms with Crippen LogP contribution >= 0.6 is 0 Å². The minimum absolute atomic E-state index is 0.105. The van der Waals surface area contributed by atoms with Gasteiger partial charge in [-0.1, -0.05) is 36.4 Å². The number of morpholine rings is 1. The monoisotopic (exact) mass is 442 g/mol. The average Bonchev–Trinajstić information content (AvgIpc) is 3.64. The summed E-state index contributed by atoms with van der Waals surface area (Å²) in [6.07, 6.45) is 2.26. The van der Waals surface area contributed by atoms with Gasteiger partial charge in [0.2, 0.25) is 10.0 Å². The summed E-state index contributed by atoms with van der Waals surface area (Å²) in [5.41, 5.74) is 2.13. The molecule has 0 aromatic heterocycles. The number of hydrogen-bond acceptors (Lipinski definition) is 4. The van der Waals surface area contributed by atoms with Gasteiger partial charge in [-0.15, -0.1) is 0 Å². The fourth-order valence-corrected chi connectivity index (χ4v) is 5.78. The molecule has 0 radical (unpaired) electrons. The van der Waals surface area contributed by atoms with Gasteiger partial charge in [-0.2, -0.15) is 4.31 Å². The first kappa shape index (κ1) is 22.0. The van der Waals surface area contributed by atoms with Gasteiger partial charge in [0, 0.05) is 31.2 Å². The molecule has 2 aliphatic rings. The summed E-state index contributed by atoms with van der Waals surface area (Å²) in [7, 11) is -3.67. The Labute approximate surface area is 184 Å². The van der Waals surface area contributed by atoms with Crippen molar-refractivity contribution in [3.05, 3.63) is 65.2 Å². The lowest BCUT2D eigenvalue weighted by Gasteiger charge is -2.30. The third-order valence-electron chi connectivity index (χ3n) is 6.28. The van der Waals surface area contributed by atoms with Crippen molar-refractivity contribution in [3.63, 3.8) is 0 Å². The summed E-state index contributed by atoms with van der Waals surface area (Å²) in [6, 6.07) is 15.1. The normalized spacial score (nSPS) is 18.5. The summed E-state index contributed by atoms with van der Waals surface area (Å²) < 4.78 is 33.2. The standard InChI is InChI=1S/C24H30N2O4S/c1-18-8-9-22(16-23(18)31(28,29)25-12-14-30-15-13-25)24(27)26(19(2)21-10-11-21)17-20-6-4-3-5-7-20/h3-9,16,19,21H,10-15,17H2,1-2H3. The van der Waals surface area contributed by atoms with E-state index in [9.17, 15) is 13.2 Å². The molecule has 1 unspecified atom stereocenters. The van der Waals surface area contributed by atoms with Crippen LogP contribution in [0.15, 0.2) is 53.4 Å². The van der Waals surface area contributed by atoms with Crippen molar-refractivity contribution in [2.45, 2.75) is 44.2 Å². The van der Waals surface area contributed by atoms with Crippen LogP contribution in [0.1, 0.15) is 41.3 Å². The zero-order valence-electron chi connectivity index (χ0n) is 18.2. The highest BCUT2D eigenvalue weighted by molar-refractivity contribution is 7.89. The molecule has 31 heavy (non-hydrogen) atoms.